The van der Waals surface area contributed by atoms with Crippen LogP contribution in [0, 0.1) is 0 Å². The van der Waals surface area contributed by atoms with Crippen molar-refractivity contribution in [2.24, 2.45) is 0 Å². The van der Waals surface area contributed by atoms with Crippen LogP contribution < -0.4 is 0 Å². The number of hydrogen-bond acceptors (Lipinski definition) is 8. The Bertz CT molecular complexity index is 335. The molecule has 0 saturated carbocycles. The van der Waals surface area contributed by atoms with E-state index in [1.54, 1.807) is 0 Å². The first kappa shape index (κ1) is 24.8. The summed E-state index contributed by atoms with van der Waals surface area (Å²) in [7, 11) is 0. The molecule has 0 heterocycles. The van der Waals surface area contributed by atoms with Crippen LogP contribution >= 0.6 is 0 Å². The minimum absolute atomic E-state index is 0.00976. The highest BCUT2D eigenvalue weighted by Crippen LogP contribution is 1.96. The molecule has 0 spiro atoms. The third-order valence-electron chi connectivity index (χ3n) is 3.11. The molecule has 0 fully saturated rings. The maximum atomic E-state index is 11.5. The number of carbonyl (C=O) groups is 2. The number of hydrogen-bond donors (Lipinski definition) is 0. The van der Waals surface area contributed by atoms with E-state index in [0.29, 0.717) is 46.2 Å². The van der Waals surface area contributed by atoms with Crippen LogP contribution in [0.3, 0.4) is 0 Å². The van der Waals surface area contributed by atoms with Crippen molar-refractivity contribution >= 4 is 11.9 Å². The van der Waals surface area contributed by atoms with Crippen molar-refractivity contribution in [3.63, 3.8) is 0 Å². The van der Waals surface area contributed by atoms with Gasteiger partial charge in [-0.1, -0.05) is 13.3 Å². The van der Waals surface area contributed by atoms with Gasteiger partial charge in [0.15, 0.2) is 0 Å². The van der Waals surface area contributed by atoms with Crippen LogP contribution in [0.25, 0.3) is 0 Å². The van der Waals surface area contributed by atoms with E-state index in [-0.39, 0.29) is 26.1 Å². The Morgan fingerprint density at radius 2 is 1.00 bits per heavy atom. The second-order valence-electron chi connectivity index (χ2n) is 5.33. The van der Waals surface area contributed by atoms with Gasteiger partial charge in [0, 0.05) is 13.2 Å². The molecule has 8 heteroatoms. The maximum Gasteiger partial charge on any atom is 0.306 e. The number of rotatable bonds is 19. The smallest absolute Gasteiger partial charge is 0.306 e. The van der Waals surface area contributed by atoms with Crippen LogP contribution in [0.2, 0.25) is 0 Å². The molecule has 0 aliphatic carbocycles. The normalized spacial score (nSPS) is 10.7. The topological polar surface area (TPSA) is 89.5 Å². The van der Waals surface area contributed by atoms with Crippen LogP contribution in [-0.4, -0.2) is 78.0 Å². The van der Waals surface area contributed by atoms with Gasteiger partial charge in [0.2, 0.25) is 0 Å². The Balaban J connectivity index is 3.32. The summed E-state index contributed by atoms with van der Waals surface area (Å²) in [4.78, 5) is 22.9. The molecule has 0 saturated heterocycles. The SMILES string of the molecule is CCCCOCCOCCOC(=O)CCC(=O)OCCOCCOCC. The van der Waals surface area contributed by atoms with Gasteiger partial charge in [-0.25, -0.2) is 0 Å². The summed E-state index contributed by atoms with van der Waals surface area (Å²) in [6, 6.07) is 0. The monoisotopic (exact) mass is 378 g/mol. The highest BCUT2D eigenvalue weighted by atomic mass is 16.6. The van der Waals surface area contributed by atoms with Crippen LogP contribution in [0.1, 0.15) is 39.5 Å². The van der Waals surface area contributed by atoms with Gasteiger partial charge in [-0.05, 0) is 13.3 Å². The lowest BCUT2D eigenvalue weighted by Crippen LogP contribution is -2.16. The fourth-order valence-electron chi connectivity index (χ4n) is 1.71. The molecule has 26 heavy (non-hydrogen) atoms. The fourth-order valence-corrected chi connectivity index (χ4v) is 1.71. The summed E-state index contributed by atoms with van der Waals surface area (Å²) in [5.41, 5.74) is 0. The van der Waals surface area contributed by atoms with Crippen molar-refractivity contribution in [1.82, 2.24) is 0 Å². The fraction of sp³-hybridized carbons (Fsp3) is 0.889. The molecule has 0 unspecified atom stereocenters. The largest absolute Gasteiger partial charge is 0.463 e. The summed E-state index contributed by atoms with van der Waals surface area (Å²) in [5.74, 6) is -0.895. The van der Waals surface area contributed by atoms with Crippen molar-refractivity contribution in [1.29, 1.82) is 0 Å². The van der Waals surface area contributed by atoms with E-state index in [4.69, 9.17) is 28.4 Å². The predicted octanol–water partition coefficient (Wildman–Crippen LogP) is 1.74. The molecule has 8 nitrogen and oxygen atoms in total. The van der Waals surface area contributed by atoms with Crippen molar-refractivity contribution in [2.45, 2.75) is 39.5 Å². The molecule has 0 amide bonds. The number of carbonyl (C=O) groups excluding carboxylic acids is 2. The van der Waals surface area contributed by atoms with Gasteiger partial charge in [-0.15, -0.1) is 0 Å². The second-order valence-corrected chi connectivity index (χ2v) is 5.33. The van der Waals surface area contributed by atoms with E-state index in [1.807, 2.05) is 6.92 Å². The van der Waals surface area contributed by atoms with Gasteiger partial charge >= 0.3 is 11.9 Å². The zero-order valence-corrected chi connectivity index (χ0v) is 16.2. The summed E-state index contributed by atoms with van der Waals surface area (Å²) < 4.78 is 30.8. The van der Waals surface area contributed by atoms with Crippen molar-refractivity contribution in [3.8, 4) is 0 Å². The third kappa shape index (κ3) is 19.1. The summed E-state index contributed by atoms with van der Waals surface area (Å²) >= 11 is 0. The molecule has 0 N–H and O–H groups in total. The number of ether oxygens (including phenoxy) is 6. The minimum Gasteiger partial charge on any atom is -0.463 e. The zero-order chi connectivity index (χ0) is 19.3. The first-order chi connectivity index (χ1) is 12.7. The van der Waals surface area contributed by atoms with Crippen molar-refractivity contribution in [3.05, 3.63) is 0 Å². The van der Waals surface area contributed by atoms with Gasteiger partial charge in [-0.3, -0.25) is 9.59 Å². The quantitative estimate of drug-likeness (QED) is 0.248. The molecular weight excluding hydrogens is 344 g/mol. The van der Waals surface area contributed by atoms with E-state index in [2.05, 4.69) is 6.92 Å². The third-order valence-corrected chi connectivity index (χ3v) is 3.11. The first-order valence-corrected chi connectivity index (χ1v) is 9.32. The molecule has 0 radical (unpaired) electrons. The van der Waals surface area contributed by atoms with Crippen LogP contribution in [0.4, 0.5) is 0 Å². The lowest BCUT2D eigenvalue weighted by atomic mass is 10.3. The highest BCUT2D eigenvalue weighted by molar-refractivity contribution is 5.77. The summed E-state index contributed by atoms with van der Waals surface area (Å²) in [6.07, 6.45) is 2.13. The zero-order valence-electron chi connectivity index (χ0n) is 16.2. The highest BCUT2D eigenvalue weighted by Gasteiger charge is 2.09. The Kier molecular flexibility index (Phi) is 19.2. The number of esters is 2. The average Bonchev–Trinajstić information content (AvgIpc) is 2.64. The Morgan fingerprint density at radius 3 is 1.46 bits per heavy atom. The van der Waals surface area contributed by atoms with E-state index < -0.39 is 11.9 Å². The molecule has 0 rings (SSSR count). The molecule has 0 aliphatic heterocycles. The lowest BCUT2D eigenvalue weighted by Gasteiger charge is -2.07. The number of unbranched alkanes of at least 4 members (excludes halogenated alkanes) is 1. The average molecular weight is 378 g/mol. The van der Waals surface area contributed by atoms with E-state index >= 15 is 0 Å². The molecule has 0 bridgehead atoms. The van der Waals surface area contributed by atoms with Crippen molar-refractivity contribution in [2.75, 3.05) is 66.1 Å². The molecule has 0 atom stereocenters. The second kappa shape index (κ2) is 20.1. The standard InChI is InChI=1S/C18H34O8/c1-3-5-8-22-11-12-24-14-16-26-18(20)7-6-17(19)25-15-13-23-10-9-21-4-2/h3-16H2,1-2H3. The first-order valence-electron chi connectivity index (χ1n) is 9.32. The van der Waals surface area contributed by atoms with Crippen LogP contribution in [0.15, 0.2) is 0 Å². The van der Waals surface area contributed by atoms with Crippen LogP contribution in [-0.2, 0) is 38.0 Å². The maximum absolute atomic E-state index is 11.5. The minimum atomic E-state index is -0.448. The molecule has 0 aromatic carbocycles. The molecule has 0 aliphatic rings. The van der Waals surface area contributed by atoms with E-state index in [9.17, 15) is 9.59 Å². The van der Waals surface area contributed by atoms with Gasteiger partial charge in [-0.2, -0.15) is 0 Å². The summed E-state index contributed by atoms with van der Waals surface area (Å²) in [6.45, 7) is 8.34. The summed E-state index contributed by atoms with van der Waals surface area (Å²) in [5, 5.41) is 0. The molecule has 0 aromatic heterocycles. The molecule has 0 aromatic rings. The van der Waals surface area contributed by atoms with Crippen LogP contribution in [0.5, 0.6) is 0 Å². The van der Waals surface area contributed by atoms with Gasteiger partial charge in [0.1, 0.15) is 13.2 Å². The van der Waals surface area contributed by atoms with Gasteiger partial charge < -0.3 is 28.4 Å². The lowest BCUT2D eigenvalue weighted by molar-refractivity contribution is -0.152. The van der Waals surface area contributed by atoms with E-state index in [0.717, 1.165) is 19.4 Å². The Labute approximate surface area is 156 Å². The predicted molar refractivity (Wildman–Crippen MR) is 95.0 cm³/mol. The van der Waals surface area contributed by atoms with Crippen molar-refractivity contribution < 1.29 is 38.0 Å². The van der Waals surface area contributed by atoms with E-state index in [1.165, 1.54) is 0 Å². The van der Waals surface area contributed by atoms with Gasteiger partial charge in [0.25, 0.3) is 0 Å². The van der Waals surface area contributed by atoms with Gasteiger partial charge in [0.05, 0.1) is 52.5 Å². The molecular formula is C18H34O8. The molecule has 154 valence electrons. The Hall–Kier alpha value is -1.22. The Morgan fingerprint density at radius 1 is 0.577 bits per heavy atom.